The molecule has 0 spiro atoms. The highest BCUT2D eigenvalue weighted by atomic mass is 32.2. The van der Waals surface area contributed by atoms with Gasteiger partial charge in [0.05, 0.1) is 18.7 Å². The molecular weight excluding hydrogens is 378 g/mol. The molecule has 2 unspecified atom stereocenters. The van der Waals surface area contributed by atoms with Crippen molar-refractivity contribution < 1.29 is 19.1 Å². The Balaban J connectivity index is 1.51. The molecule has 0 bridgehead atoms. The van der Waals surface area contributed by atoms with E-state index < -0.39 is 6.04 Å². The number of urea groups is 1. The molecule has 2 aliphatic rings. The van der Waals surface area contributed by atoms with E-state index in [1.165, 1.54) is 12.0 Å². The summed E-state index contributed by atoms with van der Waals surface area (Å²) in [7, 11) is 1.34. The molecule has 3 amide bonds. The van der Waals surface area contributed by atoms with E-state index >= 15 is 0 Å². The molecular formula is C20H19N3O4S. The highest BCUT2D eigenvalue weighted by molar-refractivity contribution is 7.99. The lowest BCUT2D eigenvalue weighted by Gasteiger charge is -2.30. The molecule has 8 heteroatoms. The normalized spacial score (nSPS) is 21.6. The van der Waals surface area contributed by atoms with Crippen molar-refractivity contribution in [3.8, 4) is 0 Å². The molecule has 3 heterocycles. The number of methoxy groups -OCH3 is 1. The Morgan fingerprint density at radius 1 is 1.11 bits per heavy atom. The van der Waals surface area contributed by atoms with Crippen molar-refractivity contribution in [2.75, 3.05) is 18.6 Å². The maximum absolute atomic E-state index is 12.9. The molecule has 2 aromatic rings. The molecule has 0 saturated carbocycles. The number of nitrogens with zero attached hydrogens (tertiary/aromatic N) is 3. The van der Waals surface area contributed by atoms with Crippen molar-refractivity contribution >= 4 is 35.4 Å². The summed E-state index contributed by atoms with van der Waals surface area (Å²) in [4.78, 5) is 46.3. The number of esters is 1. The van der Waals surface area contributed by atoms with Crippen LogP contribution in [0.5, 0.6) is 0 Å². The van der Waals surface area contributed by atoms with Crippen LogP contribution in [0.15, 0.2) is 58.6 Å². The summed E-state index contributed by atoms with van der Waals surface area (Å²) in [5.74, 6) is -0.953. The first kappa shape index (κ1) is 18.5. The Kier molecular flexibility index (Phi) is 5.04. The molecule has 4 rings (SSSR count). The van der Waals surface area contributed by atoms with Crippen LogP contribution in [-0.2, 0) is 14.3 Å². The van der Waals surface area contributed by atoms with Gasteiger partial charge in [0.25, 0.3) is 5.91 Å². The number of hydrogen-bond donors (Lipinski definition) is 0. The van der Waals surface area contributed by atoms with Crippen LogP contribution in [0.1, 0.15) is 12.8 Å². The lowest BCUT2D eigenvalue weighted by Crippen LogP contribution is -2.44. The van der Waals surface area contributed by atoms with E-state index in [0.717, 1.165) is 9.79 Å². The first-order valence-corrected chi connectivity index (χ1v) is 9.80. The standard InChI is InChI=1S/C20H19N3O4S/c1-27-19(25)13-8-11-22-17(12-13)18(24)23(20(22)26)14-2-4-15(5-3-14)28-16-6-9-21-10-7-16/h2-7,9-10,13,17H,8,11-12H2,1H3. The smallest absolute Gasteiger partial charge is 0.332 e. The van der Waals surface area contributed by atoms with Crippen molar-refractivity contribution in [1.82, 2.24) is 9.88 Å². The second-order valence-corrected chi connectivity index (χ2v) is 7.84. The fraction of sp³-hybridized carbons (Fsp3) is 0.300. The molecule has 0 radical (unpaired) electrons. The fourth-order valence-electron chi connectivity index (χ4n) is 3.62. The third-order valence-electron chi connectivity index (χ3n) is 5.06. The number of imide groups is 1. The highest BCUT2D eigenvalue weighted by Crippen LogP contribution is 2.35. The number of pyridine rings is 1. The van der Waals surface area contributed by atoms with Crippen molar-refractivity contribution in [2.24, 2.45) is 5.92 Å². The largest absolute Gasteiger partial charge is 0.469 e. The first-order chi connectivity index (χ1) is 13.6. The van der Waals surface area contributed by atoms with Gasteiger partial charge in [-0.3, -0.25) is 14.6 Å². The van der Waals surface area contributed by atoms with Crippen LogP contribution in [0.2, 0.25) is 0 Å². The van der Waals surface area contributed by atoms with Crippen molar-refractivity contribution in [3.63, 3.8) is 0 Å². The molecule has 2 aliphatic heterocycles. The van der Waals surface area contributed by atoms with Crippen LogP contribution in [-0.4, -0.2) is 47.5 Å². The predicted octanol–water partition coefficient (Wildman–Crippen LogP) is 2.95. The van der Waals surface area contributed by atoms with Crippen molar-refractivity contribution in [2.45, 2.75) is 28.7 Å². The number of carbonyl (C=O) groups excluding carboxylic acids is 3. The Bertz CT molecular complexity index is 903. The van der Waals surface area contributed by atoms with Gasteiger partial charge in [-0.25, -0.2) is 9.69 Å². The number of ether oxygens (including phenoxy) is 1. The number of hydrogen-bond acceptors (Lipinski definition) is 6. The molecule has 2 fully saturated rings. The monoisotopic (exact) mass is 397 g/mol. The molecule has 1 aromatic heterocycles. The Hall–Kier alpha value is -2.87. The minimum atomic E-state index is -0.601. The predicted molar refractivity (Wildman–Crippen MR) is 103 cm³/mol. The maximum atomic E-state index is 12.9. The SMILES string of the molecule is COC(=O)C1CCN2C(=O)N(c3ccc(Sc4ccncc4)cc3)C(=O)C2C1. The number of amides is 3. The second kappa shape index (κ2) is 7.63. The van der Waals surface area contributed by atoms with Crippen LogP contribution < -0.4 is 4.90 Å². The van der Waals surface area contributed by atoms with Gasteiger partial charge in [0.1, 0.15) is 6.04 Å². The Labute approximate surface area is 166 Å². The number of rotatable bonds is 4. The first-order valence-electron chi connectivity index (χ1n) is 8.99. The molecule has 1 aromatic carbocycles. The van der Waals surface area contributed by atoms with E-state index in [1.807, 2.05) is 24.3 Å². The van der Waals surface area contributed by atoms with Crippen LogP contribution in [0.25, 0.3) is 0 Å². The average Bonchev–Trinajstić information content (AvgIpc) is 2.99. The Morgan fingerprint density at radius 3 is 2.46 bits per heavy atom. The summed E-state index contributed by atoms with van der Waals surface area (Å²) in [5.41, 5.74) is 0.540. The maximum Gasteiger partial charge on any atom is 0.332 e. The van der Waals surface area contributed by atoms with E-state index in [-0.39, 0.29) is 23.8 Å². The summed E-state index contributed by atoms with van der Waals surface area (Å²) in [6.07, 6.45) is 4.29. The molecule has 0 N–H and O–H groups in total. The molecule has 0 aliphatic carbocycles. The lowest BCUT2D eigenvalue weighted by atomic mass is 9.91. The summed E-state index contributed by atoms with van der Waals surface area (Å²) < 4.78 is 4.80. The van der Waals surface area contributed by atoms with Crippen LogP contribution >= 0.6 is 11.8 Å². The van der Waals surface area contributed by atoms with Gasteiger partial charge in [0.15, 0.2) is 0 Å². The number of benzene rings is 1. The van der Waals surface area contributed by atoms with Gasteiger partial charge in [0, 0.05) is 28.7 Å². The zero-order valence-corrected chi connectivity index (χ0v) is 16.1. The molecule has 7 nitrogen and oxygen atoms in total. The van der Waals surface area contributed by atoms with Crippen LogP contribution in [0.4, 0.5) is 10.5 Å². The Morgan fingerprint density at radius 2 is 1.79 bits per heavy atom. The highest BCUT2D eigenvalue weighted by Gasteiger charge is 2.49. The van der Waals surface area contributed by atoms with Gasteiger partial charge in [-0.1, -0.05) is 11.8 Å². The molecule has 144 valence electrons. The summed E-state index contributed by atoms with van der Waals surface area (Å²) in [6, 6.07) is 10.2. The zero-order valence-electron chi connectivity index (χ0n) is 15.3. The molecule has 2 atom stereocenters. The number of piperidine rings is 1. The lowest BCUT2D eigenvalue weighted by molar-refractivity contribution is -0.147. The van der Waals surface area contributed by atoms with Crippen LogP contribution in [0, 0.1) is 5.92 Å². The van der Waals surface area contributed by atoms with Gasteiger partial charge in [-0.05, 0) is 49.2 Å². The van der Waals surface area contributed by atoms with E-state index in [2.05, 4.69) is 4.98 Å². The van der Waals surface area contributed by atoms with E-state index in [1.54, 1.807) is 41.2 Å². The molecule has 2 saturated heterocycles. The second-order valence-electron chi connectivity index (χ2n) is 6.69. The van der Waals surface area contributed by atoms with Gasteiger partial charge in [0.2, 0.25) is 0 Å². The van der Waals surface area contributed by atoms with Gasteiger partial charge in [-0.2, -0.15) is 0 Å². The van der Waals surface area contributed by atoms with E-state index in [9.17, 15) is 14.4 Å². The average molecular weight is 397 g/mol. The zero-order chi connectivity index (χ0) is 19.7. The number of aromatic nitrogens is 1. The number of anilines is 1. The quantitative estimate of drug-likeness (QED) is 0.583. The summed E-state index contributed by atoms with van der Waals surface area (Å²) in [6.45, 7) is 0.376. The van der Waals surface area contributed by atoms with E-state index in [0.29, 0.717) is 25.1 Å². The third kappa shape index (κ3) is 3.35. The minimum Gasteiger partial charge on any atom is -0.469 e. The topological polar surface area (TPSA) is 79.8 Å². The van der Waals surface area contributed by atoms with Crippen LogP contribution in [0.3, 0.4) is 0 Å². The number of fused-ring (bicyclic) bond motifs is 1. The third-order valence-corrected chi connectivity index (χ3v) is 6.08. The minimum absolute atomic E-state index is 0.284. The fourth-order valence-corrected chi connectivity index (χ4v) is 4.43. The van der Waals surface area contributed by atoms with E-state index in [4.69, 9.17) is 4.74 Å². The number of carbonyl (C=O) groups is 3. The summed E-state index contributed by atoms with van der Waals surface area (Å²) >= 11 is 1.58. The van der Waals surface area contributed by atoms with Gasteiger partial charge in [-0.15, -0.1) is 0 Å². The van der Waals surface area contributed by atoms with Crippen molar-refractivity contribution in [1.29, 1.82) is 0 Å². The van der Waals surface area contributed by atoms with Crippen molar-refractivity contribution in [3.05, 3.63) is 48.8 Å². The van der Waals surface area contributed by atoms with Gasteiger partial charge >= 0.3 is 12.0 Å². The molecule has 28 heavy (non-hydrogen) atoms. The summed E-state index contributed by atoms with van der Waals surface area (Å²) in [5, 5.41) is 0. The van der Waals surface area contributed by atoms with Gasteiger partial charge < -0.3 is 9.64 Å².